The summed E-state index contributed by atoms with van der Waals surface area (Å²) < 4.78 is 11.2. The Morgan fingerprint density at radius 3 is 2.41 bits per heavy atom. The Morgan fingerprint density at radius 2 is 1.83 bits per heavy atom. The Hall–Kier alpha value is -2.09. The SMILES string of the molecule is Cc1c(Cl)ncnc1OCC(C)(C)NC(=O)C1C2CN(C(=O)OC(C)(C)C)CC21. The molecule has 1 N–H and O–H groups in total. The van der Waals surface area contributed by atoms with E-state index in [9.17, 15) is 9.59 Å². The second kappa shape index (κ2) is 7.63. The number of carbonyl (C=O) groups is 2. The number of fused-ring (bicyclic) bond motifs is 1. The smallest absolute Gasteiger partial charge is 0.410 e. The fraction of sp³-hybridized carbons (Fsp3) is 0.700. The predicted molar refractivity (Wildman–Crippen MR) is 108 cm³/mol. The molecule has 0 spiro atoms. The van der Waals surface area contributed by atoms with Crippen LogP contribution in [0.2, 0.25) is 5.15 Å². The third-order valence-electron chi connectivity index (χ3n) is 5.16. The number of likely N-dealkylation sites (tertiary alicyclic amines) is 1. The van der Waals surface area contributed by atoms with Crippen LogP contribution in [-0.2, 0) is 9.53 Å². The Bertz CT molecular complexity index is 796. The number of amides is 2. The molecule has 0 aromatic carbocycles. The molecule has 1 aromatic heterocycles. The first kappa shape index (κ1) is 21.6. The van der Waals surface area contributed by atoms with Crippen LogP contribution in [0.25, 0.3) is 0 Å². The van der Waals surface area contributed by atoms with E-state index in [-0.39, 0.29) is 36.4 Å². The summed E-state index contributed by atoms with van der Waals surface area (Å²) in [4.78, 5) is 34.6. The summed E-state index contributed by atoms with van der Waals surface area (Å²) >= 11 is 5.98. The van der Waals surface area contributed by atoms with E-state index in [2.05, 4.69) is 15.3 Å². The lowest BCUT2D eigenvalue weighted by Gasteiger charge is -2.28. The van der Waals surface area contributed by atoms with Crippen LogP contribution in [0.1, 0.15) is 40.2 Å². The molecule has 1 aliphatic carbocycles. The summed E-state index contributed by atoms with van der Waals surface area (Å²) in [6.45, 7) is 12.5. The Labute approximate surface area is 176 Å². The average molecular weight is 425 g/mol. The molecule has 0 radical (unpaired) electrons. The second-order valence-corrected chi connectivity index (χ2v) is 9.85. The molecule has 1 aromatic rings. The van der Waals surface area contributed by atoms with Gasteiger partial charge in [-0.3, -0.25) is 4.79 Å². The summed E-state index contributed by atoms with van der Waals surface area (Å²) in [5.41, 5.74) is -0.435. The first-order valence-electron chi connectivity index (χ1n) is 9.78. The van der Waals surface area contributed by atoms with E-state index in [0.717, 1.165) is 0 Å². The third kappa shape index (κ3) is 5.10. The fourth-order valence-corrected chi connectivity index (χ4v) is 3.78. The standard InChI is InChI=1S/C20H29ClN4O4/c1-11-15(21)22-10-23-17(11)28-9-20(5,6)24-16(26)14-12-7-25(8-13(12)14)18(27)29-19(2,3)4/h10,12-14H,7-9H2,1-6H3,(H,24,26). The highest BCUT2D eigenvalue weighted by atomic mass is 35.5. The summed E-state index contributed by atoms with van der Waals surface area (Å²) in [7, 11) is 0. The molecule has 2 unspecified atom stereocenters. The molecule has 2 atom stereocenters. The van der Waals surface area contributed by atoms with Gasteiger partial charge in [-0.05, 0) is 53.4 Å². The van der Waals surface area contributed by atoms with Gasteiger partial charge in [-0.1, -0.05) is 11.6 Å². The fourth-order valence-electron chi connectivity index (χ4n) is 3.65. The molecule has 2 fully saturated rings. The van der Waals surface area contributed by atoms with Crippen molar-refractivity contribution in [3.05, 3.63) is 17.0 Å². The molecule has 1 saturated carbocycles. The molecule has 29 heavy (non-hydrogen) atoms. The van der Waals surface area contributed by atoms with Gasteiger partial charge in [0, 0.05) is 24.6 Å². The van der Waals surface area contributed by atoms with E-state index in [1.165, 1.54) is 6.33 Å². The molecular weight excluding hydrogens is 396 g/mol. The van der Waals surface area contributed by atoms with Crippen molar-refractivity contribution < 1.29 is 19.1 Å². The molecule has 8 nitrogen and oxygen atoms in total. The molecule has 3 rings (SSSR count). The second-order valence-electron chi connectivity index (χ2n) is 9.50. The van der Waals surface area contributed by atoms with Crippen LogP contribution in [0.3, 0.4) is 0 Å². The van der Waals surface area contributed by atoms with Crippen LogP contribution in [0.15, 0.2) is 6.33 Å². The summed E-state index contributed by atoms with van der Waals surface area (Å²) in [5, 5.41) is 3.40. The van der Waals surface area contributed by atoms with E-state index in [4.69, 9.17) is 21.1 Å². The predicted octanol–water partition coefficient (Wildman–Crippen LogP) is 2.82. The molecule has 2 amide bonds. The molecule has 1 saturated heterocycles. The van der Waals surface area contributed by atoms with Crippen molar-refractivity contribution in [2.45, 2.75) is 52.7 Å². The number of aromatic nitrogens is 2. The highest BCUT2D eigenvalue weighted by molar-refractivity contribution is 6.30. The largest absolute Gasteiger partial charge is 0.475 e. The van der Waals surface area contributed by atoms with Gasteiger partial charge in [-0.25, -0.2) is 14.8 Å². The first-order valence-corrected chi connectivity index (χ1v) is 10.2. The molecular formula is C20H29ClN4O4. The van der Waals surface area contributed by atoms with E-state index in [0.29, 0.717) is 29.7 Å². The lowest BCUT2D eigenvalue weighted by atomic mass is 10.1. The van der Waals surface area contributed by atoms with Crippen LogP contribution in [0, 0.1) is 24.7 Å². The maximum Gasteiger partial charge on any atom is 0.410 e. The number of carbonyl (C=O) groups excluding carboxylic acids is 2. The van der Waals surface area contributed by atoms with Crippen LogP contribution < -0.4 is 10.1 Å². The van der Waals surface area contributed by atoms with Crippen molar-refractivity contribution in [1.29, 1.82) is 0 Å². The van der Waals surface area contributed by atoms with Gasteiger partial charge >= 0.3 is 6.09 Å². The van der Waals surface area contributed by atoms with Gasteiger partial charge in [-0.2, -0.15) is 0 Å². The van der Waals surface area contributed by atoms with E-state index in [1.807, 2.05) is 34.6 Å². The molecule has 1 aliphatic heterocycles. The van der Waals surface area contributed by atoms with Crippen molar-refractivity contribution in [2.24, 2.45) is 17.8 Å². The average Bonchev–Trinajstić information content (AvgIpc) is 3.09. The zero-order valence-corrected chi connectivity index (χ0v) is 18.5. The lowest BCUT2D eigenvalue weighted by Crippen LogP contribution is -2.49. The number of halogens is 1. The van der Waals surface area contributed by atoms with E-state index in [1.54, 1.807) is 11.8 Å². The number of hydrogen-bond donors (Lipinski definition) is 1. The van der Waals surface area contributed by atoms with Gasteiger partial charge in [0.25, 0.3) is 0 Å². The number of nitrogens with one attached hydrogen (secondary N) is 1. The first-order chi connectivity index (χ1) is 13.4. The van der Waals surface area contributed by atoms with Gasteiger partial charge in [0.05, 0.1) is 5.54 Å². The normalized spacial score (nSPS) is 23.4. The van der Waals surface area contributed by atoms with Crippen molar-refractivity contribution in [2.75, 3.05) is 19.7 Å². The van der Waals surface area contributed by atoms with Crippen molar-refractivity contribution >= 4 is 23.6 Å². The number of nitrogens with zero attached hydrogens (tertiary/aromatic N) is 3. The van der Waals surface area contributed by atoms with Crippen LogP contribution in [0.4, 0.5) is 4.79 Å². The highest BCUT2D eigenvalue weighted by Gasteiger charge is 2.61. The van der Waals surface area contributed by atoms with E-state index >= 15 is 0 Å². The highest BCUT2D eigenvalue weighted by Crippen LogP contribution is 2.52. The zero-order chi connectivity index (χ0) is 21.6. The molecule has 9 heteroatoms. The Balaban J connectivity index is 1.48. The Morgan fingerprint density at radius 1 is 1.21 bits per heavy atom. The summed E-state index contributed by atoms with van der Waals surface area (Å²) in [5.74, 6) is 0.728. The topological polar surface area (TPSA) is 93.7 Å². The van der Waals surface area contributed by atoms with Crippen molar-refractivity contribution in [3.8, 4) is 5.88 Å². The van der Waals surface area contributed by atoms with Gasteiger partial charge in [0.15, 0.2) is 0 Å². The minimum absolute atomic E-state index is 0.00474. The quantitative estimate of drug-likeness (QED) is 0.730. The minimum atomic E-state index is -0.581. The van der Waals surface area contributed by atoms with Crippen LogP contribution in [-0.4, -0.2) is 57.7 Å². The Kier molecular flexibility index (Phi) is 5.69. The summed E-state index contributed by atoms with van der Waals surface area (Å²) in [6, 6.07) is 0. The van der Waals surface area contributed by atoms with Crippen molar-refractivity contribution in [3.63, 3.8) is 0 Å². The van der Waals surface area contributed by atoms with Crippen molar-refractivity contribution in [1.82, 2.24) is 20.2 Å². The number of rotatable bonds is 5. The van der Waals surface area contributed by atoms with Gasteiger partial charge in [0.1, 0.15) is 23.7 Å². The monoisotopic (exact) mass is 424 g/mol. The van der Waals surface area contributed by atoms with Gasteiger partial charge in [-0.15, -0.1) is 0 Å². The molecule has 0 bridgehead atoms. The van der Waals surface area contributed by atoms with Crippen LogP contribution >= 0.6 is 11.6 Å². The number of ether oxygens (including phenoxy) is 2. The number of piperidine rings is 1. The zero-order valence-electron chi connectivity index (χ0n) is 17.8. The van der Waals surface area contributed by atoms with E-state index < -0.39 is 11.1 Å². The number of hydrogen-bond acceptors (Lipinski definition) is 6. The maximum absolute atomic E-state index is 12.7. The molecule has 2 aliphatic rings. The minimum Gasteiger partial charge on any atom is -0.475 e. The molecule has 160 valence electrons. The maximum atomic E-state index is 12.7. The van der Waals surface area contributed by atoms with Crippen LogP contribution in [0.5, 0.6) is 5.88 Å². The van der Waals surface area contributed by atoms with Gasteiger partial charge < -0.3 is 19.7 Å². The summed E-state index contributed by atoms with van der Waals surface area (Å²) in [6.07, 6.45) is 1.04. The third-order valence-corrected chi connectivity index (χ3v) is 5.54. The molecule has 2 heterocycles. The lowest BCUT2D eigenvalue weighted by molar-refractivity contribution is -0.125. The van der Waals surface area contributed by atoms with Gasteiger partial charge in [0.2, 0.25) is 11.8 Å².